The van der Waals surface area contributed by atoms with Crippen molar-refractivity contribution in [3.8, 4) is 12.3 Å². The summed E-state index contributed by atoms with van der Waals surface area (Å²) in [4.78, 5) is 5.07. The summed E-state index contributed by atoms with van der Waals surface area (Å²) in [6, 6.07) is 0. The lowest BCUT2D eigenvalue weighted by atomic mass is 10.0. The molecule has 0 radical (unpaired) electrons. The van der Waals surface area contributed by atoms with Crippen LogP contribution in [0.4, 0.5) is 0 Å². The number of nitrogens with zero attached hydrogens (tertiary/aromatic N) is 2. The van der Waals surface area contributed by atoms with Crippen LogP contribution in [0.15, 0.2) is 0 Å². The predicted octanol–water partition coefficient (Wildman–Crippen LogP) is 1.02. The molecule has 0 amide bonds. The average molecular weight is 249 g/mol. The molecule has 2 aliphatic rings. The van der Waals surface area contributed by atoms with Crippen molar-refractivity contribution in [1.29, 1.82) is 0 Å². The summed E-state index contributed by atoms with van der Waals surface area (Å²) in [5.74, 6) is 3.74. The van der Waals surface area contributed by atoms with Crippen LogP contribution in [0.25, 0.3) is 0 Å². The van der Waals surface area contributed by atoms with Crippen LogP contribution in [0, 0.1) is 18.3 Å². The fourth-order valence-electron chi connectivity index (χ4n) is 2.90. The van der Waals surface area contributed by atoms with E-state index < -0.39 is 0 Å². The first-order valence-electron chi connectivity index (χ1n) is 7.23. The van der Waals surface area contributed by atoms with E-state index in [-0.39, 0.29) is 5.54 Å². The van der Waals surface area contributed by atoms with Crippen LogP contribution in [-0.4, -0.2) is 61.2 Å². The monoisotopic (exact) mass is 249 g/mol. The van der Waals surface area contributed by atoms with Crippen molar-refractivity contribution in [3.63, 3.8) is 0 Å². The van der Waals surface area contributed by atoms with Crippen molar-refractivity contribution < 1.29 is 0 Å². The zero-order valence-electron chi connectivity index (χ0n) is 11.9. The van der Waals surface area contributed by atoms with Gasteiger partial charge < -0.3 is 5.32 Å². The molecule has 1 aliphatic carbocycles. The molecule has 0 bridgehead atoms. The van der Waals surface area contributed by atoms with E-state index in [2.05, 4.69) is 34.9 Å². The molecule has 0 atom stereocenters. The minimum Gasteiger partial charge on any atom is -0.314 e. The third-order valence-corrected chi connectivity index (χ3v) is 4.11. The average Bonchev–Trinajstić information content (AvgIpc) is 3.14. The molecule has 1 heterocycles. The summed E-state index contributed by atoms with van der Waals surface area (Å²) in [7, 11) is 0. The highest BCUT2D eigenvalue weighted by Crippen LogP contribution is 2.30. The molecule has 3 heteroatoms. The van der Waals surface area contributed by atoms with Gasteiger partial charge in [-0.15, -0.1) is 6.42 Å². The minimum absolute atomic E-state index is 0.230. The first kappa shape index (κ1) is 13.9. The molecule has 18 heavy (non-hydrogen) atoms. The van der Waals surface area contributed by atoms with Crippen LogP contribution in [0.2, 0.25) is 0 Å². The van der Waals surface area contributed by atoms with Gasteiger partial charge in [0, 0.05) is 44.8 Å². The third-order valence-electron chi connectivity index (χ3n) is 4.11. The van der Waals surface area contributed by atoms with Gasteiger partial charge in [-0.2, -0.15) is 0 Å². The van der Waals surface area contributed by atoms with Crippen LogP contribution in [-0.2, 0) is 0 Å². The van der Waals surface area contributed by atoms with Gasteiger partial charge in [-0.1, -0.05) is 5.92 Å². The SMILES string of the molecule is C#CCN(CC1CC1)CC(C)(C)N1CCNCC1. The second-order valence-electron chi connectivity index (χ2n) is 6.37. The lowest BCUT2D eigenvalue weighted by Crippen LogP contribution is -2.57. The van der Waals surface area contributed by atoms with Crippen LogP contribution in [0.3, 0.4) is 0 Å². The number of piperazine rings is 1. The molecule has 0 spiro atoms. The molecule has 2 rings (SSSR count). The first-order valence-corrected chi connectivity index (χ1v) is 7.23. The van der Waals surface area contributed by atoms with Crippen LogP contribution >= 0.6 is 0 Å². The number of nitrogens with one attached hydrogen (secondary N) is 1. The van der Waals surface area contributed by atoms with Gasteiger partial charge in [0.2, 0.25) is 0 Å². The van der Waals surface area contributed by atoms with Crippen LogP contribution in [0.5, 0.6) is 0 Å². The Hall–Kier alpha value is -0.560. The normalized spacial score (nSPS) is 22.1. The molecule has 0 unspecified atom stereocenters. The molecular weight excluding hydrogens is 222 g/mol. The maximum atomic E-state index is 5.51. The molecule has 1 saturated heterocycles. The Kier molecular flexibility index (Phi) is 4.66. The highest BCUT2D eigenvalue weighted by atomic mass is 15.3. The summed E-state index contributed by atoms with van der Waals surface area (Å²) < 4.78 is 0. The molecule has 0 aromatic rings. The summed E-state index contributed by atoms with van der Waals surface area (Å²) >= 11 is 0. The Balaban J connectivity index is 1.88. The quantitative estimate of drug-likeness (QED) is 0.709. The van der Waals surface area contributed by atoms with Crippen molar-refractivity contribution in [3.05, 3.63) is 0 Å². The van der Waals surface area contributed by atoms with Crippen molar-refractivity contribution >= 4 is 0 Å². The molecule has 0 aromatic heterocycles. The summed E-state index contributed by atoms with van der Waals surface area (Å²) in [6.45, 7) is 12.3. The lowest BCUT2D eigenvalue weighted by molar-refractivity contribution is 0.0661. The van der Waals surface area contributed by atoms with Gasteiger partial charge in [0.15, 0.2) is 0 Å². The highest BCUT2D eigenvalue weighted by molar-refractivity contribution is 4.94. The van der Waals surface area contributed by atoms with Gasteiger partial charge in [0.05, 0.1) is 6.54 Å². The van der Waals surface area contributed by atoms with E-state index in [0.717, 1.165) is 45.2 Å². The molecule has 2 fully saturated rings. The smallest absolute Gasteiger partial charge is 0.0599 e. The van der Waals surface area contributed by atoms with E-state index in [1.165, 1.54) is 19.4 Å². The Morgan fingerprint density at radius 2 is 2.00 bits per heavy atom. The predicted molar refractivity (Wildman–Crippen MR) is 76.5 cm³/mol. The Bertz CT molecular complexity index is 295. The Morgan fingerprint density at radius 3 is 2.56 bits per heavy atom. The number of hydrogen-bond acceptors (Lipinski definition) is 3. The van der Waals surface area contributed by atoms with E-state index in [1.807, 2.05) is 0 Å². The van der Waals surface area contributed by atoms with Gasteiger partial charge in [0.1, 0.15) is 0 Å². The number of terminal acetylenes is 1. The summed E-state index contributed by atoms with van der Waals surface area (Å²) in [6.07, 6.45) is 8.30. The molecule has 1 N–H and O–H groups in total. The summed E-state index contributed by atoms with van der Waals surface area (Å²) in [5.41, 5.74) is 0.230. The van der Waals surface area contributed by atoms with E-state index in [4.69, 9.17) is 6.42 Å². The van der Waals surface area contributed by atoms with Crippen molar-refractivity contribution in [1.82, 2.24) is 15.1 Å². The summed E-state index contributed by atoms with van der Waals surface area (Å²) in [5, 5.41) is 3.42. The minimum atomic E-state index is 0.230. The maximum absolute atomic E-state index is 5.51. The van der Waals surface area contributed by atoms with Crippen molar-refractivity contribution in [2.75, 3.05) is 45.8 Å². The second kappa shape index (κ2) is 6.06. The van der Waals surface area contributed by atoms with Gasteiger partial charge in [0.25, 0.3) is 0 Å². The van der Waals surface area contributed by atoms with E-state index in [0.29, 0.717) is 0 Å². The van der Waals surface area contributed by atoms with Gasteiger partial charge in [-0.3, -0.25) is 9.80 Å². The molecule has 1 aliphatic heterocycles. The van der Waals surface area contributed by atoms with Crippen LogP contribution < -0.4 is 5.32 Å². The molecular formula is C15H27N3. The standard InChI is InChI=1S/C15H27N3/c1-4-9-17(12-14-5-6-14)13-15(2,3)18-10-7-16-8-11-18/h1,14,16H,5-13H2,2-3H3. The number of rotatable bonds is 6. The van der Waals surface area contributed by atoms with Gasteiger partial charge in [-0.25, -0.2) is 0 Å². The fraction of sp³-hybridized carbons (Fsp3) is 0.867. The maximum Gasteiger partial charge on any atom is 0.0599 e. The highest BCUT2D eigenvalue weighted by Gasteiger charge is 2.32. The van der Waals surface area contributed by atoms with Crippen molar-refractivity contribution in [2.45, 2.75) is 32.2 Å². The topological polar surface area (TPSA) is 18.5 Å². The van der Waals surface area contributed by atoms with E-state index >= 15 is 0 Å². The molecule has 102 valence electrons. The Labute approximate surface area is 112 Å². The van der Waals surface area contributed by atoms with Gasteiger partial charge >= 0.3 is 0 Å². The first-order chi connectivity index (χ1) is 8.62. The second-order valence-corrected chi connectivity index (χ2v) is 6.37. The largest absolute Gasteiger partial charge is 0.314 e. The van der Waals surface area contributed by atoms with Gasteiger partial charge in [-0.05, 0) is 32.6 Å². The third kappa shape index (κ3) is 3.98. The van der Waals surface area contributed by atoms with Crippen molar-refractivity contribution in [2.24, 2.45) is 5.92 Å². The zero-order valence-corrected chi connectivity index (χ0v) is 11.9. The zero-order chi connectivity index (χ0) is 13.0. The fourth-order valence-corrected chi connectivity index (χ4v) is 2.90. The molecule has 1 saturated carbocycles. The van der Waals surface area contributed by atoms with E-state index in [1.54, 1.807) is 0 Å². The number of hydrogen-bond donors (Lipinski definition) is 1. The molecule has 0 aromatic carbocycles. The van der Waals surface area contributed by atoms with E-state index in [9.17, 15) is 0 Å². The lowest BCUT2D eigenvalue weighted by Gasteiger charge is -2.43. The van der Waals surface area contributed by atoms with Crippen LogP contribution in [0.1, 0.15) is 26.7 Å². The Morgan fingerprint density at radius 1 is 1.33 bits per heavy atom. The molecule has 3 nitrogen and oxygen atoms in total.